The SMILES string of the molecule is CCCCCCC(C)NC(=O)CCNC(=O)c1ccsc1. The minimum atomic E-state index is -0.114. The molecule has 0 aromatic carbocycles. The van der Waals surface area contributed by atoms with E-state index in [4.69, 9.17) is 0 Å². The van der Waals surface area contributed by atoms with Gasteiger partial charge >= 0.3 is 0 Å². The molecule has 1 rings (SSSR count). The van der Waals surface area contributed by atoms with Gasteiger partial charge in [0.1, 0.15) is 0 Å². The van der Waals surface area contributed by atoms with Crippen molar-refractivity contribution in [3.05, 3.63) is 22.4 Å². The molecular weight excluding hydrogens is 284 g/mol. The van der Waals surface area contributed by atoms with E-state index < -0.39 is 0 Å². The molecule has 0 bridgehead atoms. The zero-order valence-electron chi connectivity index (χ0n) is 13.0. The minimum absolute atomic E-state index is 0.00334. The smallest absolute Gasteiger partial charge is 0.252 e. The third-order valence-corrected chi connectivity index (χ3v) is 4.00. The summed E-state index contributed by atoms with van der Waals surface area (Å²) in [5.41, 5.74) is 0.657. The maximum absolute atomic E-state index is 11.7. The molecule has 0 fully saturated rings. The molecule has 0 aliphatic rings. The van der Waals surface area contributed by atoms with Gasteiger partial charge in [0.05, 0.1) is 0 Å². The summed E-state index contributed by atoms with van der Waals surface area (Å²) >= 11 is 1.49. The quantitative estimate of drug-likeness (QED) is 0.651. The Balaban J connectivity index is 2.09. The van der Waals surface area contributed by atoms with E-state index in [1.54, 1.807) is 11.4 Å². The van der Waals surface area contributed by atoms with Gasteiger partial charge in [-0.25, -0.2) is 0 Å². The first-order valence-corrected chi connectivity index (χ1v) is 8.67. The van der Waals surface area contributed by atoms with Gasteiger partial charge in [0, 0.05) is 30.0 Å². The van der Waals surface area contributed by atoms with Crippen LogP contribution in [0.4, 0.5) is 0 Å². The summed E-state index contributed by atoms with van der Waals surface area (Å²) in [4.78, 5) is 23.4. The Morgan fingerprint density at radius 1 is 1.29 bits per heavy atom. The van der Waals surface area contributed by atoms with Crippen LogP contribution in [0.25, 0.3) is 0 Å². The standard InChI is InChI=1S/C16H26N2O2S/c1-3-4-5-6-7-13(2)18-15(19)8-10-17-16(20)14-9-11-21-12-14/h9,11-13H,3-8,10H2,1-2H3,(H,17,20)(H,18,19). The highest BCUT2D eigenvalue weighted by Crippen LogP contribution is 2.06. The first kappa shape index (κ1) is 17.7. The van der Waals surface area contributed by atoms with Gasteiger partial charge < -0.3 is 10.6 Å². The van der Waals surface area contributed by atoms with Crippen molar-refractivity contribution in [1.29, 1.82) is 0 Å². The Bertz CT molecular complexity index is 418. The molecule has 118 valence electrons. The molecule has 1 aromatic heterocycles. The predicted molar refractivity (Wildman–Crippen MR) is 87.6 cm³/mol. The molecule has 0 radical (unpaired) electrons. The molecule has 1 aromatic rings. The molecule has 0 spiro atoms. The van der Waals surface area contributed by atoms with Crippen molar-refractivity contribution in [2.45, 2.75) is 58.4 Å². The minimum Gasteiger partial charge on any atom is -0.354 e. The van der Waals surface area contributed by atoms with Crippen molar-refractivity contribution >= 4 is 23.2 Å². The monoisotopic (exact) mass is 310 g/mol. The van der Waals surface area contributed by atoms with E-state index in [1.807, 2.05) is 12.3 Å². The number of unbranched alkanes of at least 4 members (excludes halogenated alkanes) is 3. The molecule has 2 amide bonds. The number of amides is 2. The Kier molecular flexibility index (Phi) is 8.74. The van der Waals surface area contributed by atoms with Gasteiger partial charge in [-0.15, -0.1) is 0 Å². The second-order valence-electron chi connectivity index (χ2n) is 5.34. The van der Waals surface area contributed by atoms with Gasteiger partial charge in [-0.05, 0) is 24.8 Å². The Labute approximate surface area is 131 Å². The molecule has 2 N–H and O–H groups in total. The van der Waals surface area contributed by atoms with E-state index in [1.165, 1.54) is 30.6 Å². The first-order valence-electron chi connectivity index (χ1n) is 7.73. The summed E-state index contributed by atoms with van der Waals surface area (Å²) in [6.07, 6.45) is 6.22. The van der Waals surface area contributed by atoms with E-state index in [0.717, 1.165) is 12.8 Å². The Morgan fingerprint density at radius 3 is 2.76 bits per heavy atom. The van der Waals surface area contributed by atoms with Gasteiger partial charge in [0.2, 0.25) is 5.91 Å². The summed E-state index contributed by atoms with van der Waals surface area (Å²) in [5, 5.41) is 9.40. The van der Waals surface area contributed by atoms with Crippen molar-refractivity contribution in [1.82, 2.24) is 10.6 Å². The topological polar surface area (TPSA) is 58.2 Å². The van der Waals surface area contributed by atoms with Crippen LogP contribution in [0.5, 0.6) is 0 Å². The number of nitrogens with one attached hydrogen (secondary N) is 2. The van der Waals surface area contributed by atoms with Crippen LogP contribution >= 0.6 is 11.3 Å². The number of carbonyl (C=O) groups excluding carboxylic acids is 2. The fraction of sp³-hybridized carbons (Fsp3) is 0.625. The maximum atomic E-state index is 11.7. The second-order valence-corrected chi connectivity index (χ2v) is 6.12. The highest BCUT2D eigenvalue weighted by molar-refractivity contribution is 7.08. The van der Waals surface area contributed by atoms with E-state index >= 15 is 0 Å². The van der Waals surface area contributed by atoms with Gasteiger partial charge in [0.25, 0.3) is 5.91 Å². The van der Waals surface area contributed by atoms with Crippen molar-refractivity contribution in [2.24, 2.45) is 0 Å². The Morgan fingerprint density at radius 2 is 2.10 bits per heavy atom. The molecule has 21 heavy (non-hydrogen) atoms. The van der Waals surface area contributed by atoms with Crippen LogP contribution in [0.15, 0.2) is 16.8 Å². The largest absolute Gasteiger partial charge is 0.354 e. The van der Waals surface area contributed by atoms with E-state index in [0.29, 0.717) is 18.5 Å². The van der Waals surface area contributed by atoms with Gasteiger partial charge in [-0.2, -0.15) is 11.3 Å². The number of rotatable bonds is 10. The number of hydrogen-bond acceptors (Lipinski definition) is 3. The van der Waals surface area contributed by atoms with Crippen molar-refractivity contribution in [3.63, 3.8) is 0 Å². The molecule has 1 heterocycles. The summed E-state index contributed by atoms with van der Waals surface area (Å²) in [7, 11) is 0. The summed E-state index contributed by atoms with van der Waals surface area (Å²) < 4.78 is 0. The van der Waals surface area contributed by atoms with Gasteiger partial charge in [-0.3, -0.25) is 9.59 Å². The maximum Gasteiger partial charge on any atom is 0.252 e. The summed E-state index contributed by atoms with van der Waals surface area (Å²) in [6.45, 7) is 4.60. The van der Waals surface area contributed by atoms with Crippen LogP contribution in [-0.4, -0.2) is 24.4 Å². The molecule has 0 saturated heterocycles. The highest BCUT2D eigenvalue weighted by Gasteiger charge is 2.09. The molecule has 1 unspecified atom stereocenters. The molecule has 1 atom stereocenters. The van der Waals surface area contributed by atoms with E-state index in [2.05, 4.69) is 17.6 Å². The van der Waals surface area contributed by atoms with Gasteiger partial charge in [0.15, 0.2) is 0 Å². The molecular formula is C16H26N2O2S. The third-order valence-electron chi connectivity index (χ3n) is 3.32. The summed E-state index contributed by atoms with van der Waals surface area (Å²) in [5.74, 6) is -0.111. The molecule has 4 nitrogen and oxygen atoms in total. The zero-order valence-corrected chi connectivity index (χ0v) is 13.8. The molecule has 0 aliphatic carbocycles. The second kappa shape index (κ2) is 10.4. The van der Waals surface area contributed by atoms with Crippen molar-refractivity contribution < 1.29 is 9.59 Å². The van der Waals surface area contributed by atoms with Crippen LogP contribution in [0.2, 0.25) is 0 Å². The zero-order chi connectivity index (χ0) is 15.5. The lowest BCUT2D eigenvalue weighted by Crippen LogP contribution is -2.35. The fourth-order valence-corrected chi connectivity index (χ4v) is 2.72. The number of hydrogen-bond donors (Lipinski definition) is 2. The average molecular weight is 310 g/mol. The first-order chi connectivity index (χ1) is 10.1. The van der Waals surface area contributed by atoms with E-state index in [-0.39, 0.29) is 17.9 Å². The van der Waals surface area contributed by atoms with Crippen molar-refractivity contribution in [3.8, 4) is 0 Å². The van der Waals surface area contributed by atoms with Crippen LogP contribution in [-0.2, 0) is 4.79 Å². The number of carbonyl (C=O) groups is 2. The third kappa shape index (κ3) is 7.85. The molecule has 0 aliphatic heterocycles. The Hall–Kier alpha value is -1.36. The normalized spacial score (nSPS) is 11.9. The van der Waals surface area contributed by atoms with E-state index in [9.17, 15) is 9.59 Å². The lowest BCUT2D eigenvalue weighted by atomic mass is 10.1. The molecule has 5 heteroatoms. The summed E-state index contributed by atoms with van der Waals surface area (Å²) in [6, 6.07) is 1.99. The lowest BCUT2D eigenvalue weighted by Gasteiger charge is -2.13. The van der Waals surface area contributed by atoms with Crippen LogP contribution in [0.3, 0.4) is 0 Å². The van der Waals surface area contributed by atoms with Crippen LogP contribution < -0.4 is 10.6 Å². The average Bonchev–Trinajstić information content (AvgIpc) is 2.97. The van der Waals surface area contributed by atoms with Crippen molar-refractivity contribution in [2.75, 3.05) is 6.54 Å². The van der Waals surface area contributed by atoms with Crippen LogP contribution in [0, 0.1) is 0 Å². The number of thiophene rings is 1. The lowest BCUT2D eigenvalue weighted by molar-refractivity contribution is -0.121. The van der Waals surface area contributed by atoms with Crippen LogP contribution in [0.1, 0.15) is 62.7 Å². The van der Waals surface area contributed by atoms with Gasteiger partial charge in [-0.1, -0.05) is 32.6 Å². The predicted octanol–water partition coefficient (Wildman–Crippen LogP) is 3.34. The highest BCUT2D eigenvalue weighted by atomic mass is 32.1. The fourth-order valence-electron chi connectivity index (χ4n) is 2.08. The molecule has 0 saturated carbocycles.